The van der Waals surface area contributed by atoms with Crippen LogP contribution in [0.4, 0.5) is 4.39 Å². The summed E-state index contributed by atoms with van der Waals surface area (Å²) in [6.07, 6.45) is 1.24. The van der Waals surface area contributed by atoms with E-state index in [0.717, 1.165) is 22.5 Å². The predicted octanol–water partition coefficient (Wildman–Crippen LogP) is 4.15. The van der Waals surface area contributed by atoms with Crippen LogP contribution in [0.25, 0.3) is 10.4 Å². The van der Waals surface area contributed by atoms with Crippen molar-refractivity contribution in [1.29, 1.82) is 0 Å². The summed E-state index contributed by atoms with van der Waals surface area (Å²) >= 11 is 3.58. The Kier molecular flexibility index (Phi) is 4.21. The Labute approximate surface area is 121 Å². The summed E-state index contributed by atoms with van der Waals surface area (Å²) in [4.78, 5) is 0.996. The van der Waals surface area contributed by atoms with Gasteiger partial charge in [0.25, 0.3) is 0 Å². The van der Waals surface area contributed by atoms with E-state index in [1.165, 1.54) is 17.9 Å². The lowest BCUT2D eigenvalue weighted by molar-refractivity contribution is 0.557. The molecular weight excluding hydrogens is 277 g/mol. The van der Waals surface area contributed by atoms with E-state index in [0.29, 0.717) is 6.04 Å². The first kappa shape index (κ1) is 13.2. The summed E-state index contributed by atoms with van der Waals surface area (Å²) in [5.41, 5.74) is 1.87. The molecule has 100 valence electrons. The van der Waals surface area contributed by atoms with Crippen LogP contribution in [0.15, 0.2) is 35.7 Å². The van der Waals surface area contributed by atoms with E-state index >= 15 is 0 Å². The van der Waals surface area contributed by atoms with Gasteiger partial charge >= 0.3 is 0 Å². The molecule has 1 aliphatic rings. The van der Waals surface area contributed by atoms with Gasteiger partial charge in [0.2, 0.25) is 0 Å². The molecule has 1 aliphatic heterocycles. The summed E-state index contributed by atoms with van der Waals surface area (Å²) < 4.78 is 13.9. The molecule has 0 spiro atoms. The van der Waals surface area contributed by atoms with Crippen LogP contribution < -0.4 is 5.32 Å². The van der Waals surface area contributed by atoms with Gasteiger partial charge in [-0.1, -0.05) is 12.1 Å². The average molecular weight is 293 g/mol. The molecule has 0 radical (unpaired) electrons. The van der Waals surface area contributed by atoms with Crippen LogP contribution in [-0.2, 0) is 6.54 Å². The second-order valence-corrected chi connectivity index (χ2v) is 6.83. The number of rotatable bonds is 4. The molecular formula is C15H16FNS2. The third-order valence-corrected chi connectivity index (χ3v) is 5.41. The summed E-state index contributed by atoms with van der Waals surface area (Å²) in [6, 6.07) is 9.96. The molecule has 2 aromatic rings. The van der Waals surface area contributed by atoms with Gasteiger partial charge < -0.3 is 5.32 Å². The third-order valence-electron chi connectivity index (χ3n) is 3.34. The fourth-order valence-electron chi connectivity index (χ4n) is 2.26. The SMILES string of the molecule is Fc1ccc(CNC2CCSC2)cc1-c1cccs1. The molecule has 1 N–H and O–H groups in total. The third kappa shape index (κ3) is 3.19. The van der Waals surface area contributed by atoms with Crippen molar-refractivity contribution in [2.75, 3.05) is 11.5 Å². The Hall–Kier alpha value is -0.840. The van der Waals surface area contributed by atoms with E-state index in [4.69, 9.17) is 0 Å². The lowest BCUT2D eigenvalue weighted by Crippen LogP contribution is -2.27. The molecule has 1 nitrogen and oxygen atoms in total. The molecule has 1 aromatic heterocycles. The highest BCUT2D eigenvalue weighted by molar-refractivity contribution is 7.99. The number of benzene rings is 1. The fraction of sp³-hybridized carbons (Fsp3) is 0.333. The number of hydrogen-bond acceptors (Lipinski definition) is 3. The van der Waals surface area contributed by atoms with Gasteiger partial charge in [-0.25, -0.2) is 4.39 Å². The van der Waals surface area contributed by atoms with E-state index in [1.54, 1.807) is 17.4 Å². The van der Waals surface area contributed by atoms with Crippen molar-refractivity contribution in [3.63, 3.8) is 0 Å². The first-order chi connectivity index (χ1) is 9.33. The normalized spacial score (nSPS) is 18.9. The molecule has 4 heteroatoms. The van der Waals surface area contributed by atoms with Gasteiger partial charge in [-0.15, -0.1) is 11.3 Å². The van der Waals surface area contributed by atoms with Crippen LogP contribution in [-0.4, -0.2) is 17.5 Å². The Morgan fingerprint density at radius 2 is 2.26 bits per heavy atom. The lowest BCUT2D eigenvalue weighted by Gasteiger charge is -2.12. The van der Waals surface area contributed by atoms with Crippen molar-refractivity contribution in [1.82, 2.24) is 5.32 Å². The Bertz CT molecular complexity index is 533. The predicted molar refractivity (Wildman–Crippen MR) is 82.3 cm³/mol. The van der Waals surface area contributed by atoms with Gasteiger partial charge in [0, 0.05) is 28.8 Å². The molecule has 1 saturated heterocycles. The highest BCUT2D eigenvalue weighted by Gasteiger charge is 2.14. The molecule has 2 heterocycles. The second kappa shape index (κ2) is 6.07. The van der Waals surface area contributed by atoms with Crippen molar-refractivity contribution in [3.8, 4) is 10.4 Å². The highest BCUT2D eigenvalue weighted by Crippen LogP contribution is 2.28. The quantitative estimate of drug-likeness (QED) is 0.909. The van der Waals surface area contributed by atoms with E-state index in [2.05, 4.69) is 5.32 Å². The zero-order valence-corrected chi connectivity index (χ0v) is 12.2. The number of halogens is 1. The van der Waals surface area contributed by atoms with Gasteiger partial charge in [0.15, 0.2) is 0 Å². The smallest absolute Gasteiger partial charge is 0.131 e. The molecule has 19 heavy (non-hydrogen) atoms. The van der Waals surface area contributed by atoms with E-state index in [9.17, 15) is 4.39 Å². The van der Waals surface area contributed by atoms with E-state index < -0.39 is 0 Å². The van der Waals surface area contributed by atoms with Crippen molar-refractivity contribution >= 4 is 23.1 Å². The van der Waals surface area contributed by atoms with Gasteiger partial charge in [-0.05, 0) is 41.3 Å². The largest absolute Gasteiger partial charge is 0.309 e. The fourth-order valence-corrected chi connectivity index (χ4v) is 4.19. The molecule has 1 aromatic carbocycles. The van der Waals surface area contributed by atoms with Gasteiger partial charge in [0.1, 0.15) is 5.82 Å². The topological polar surface area (TPSA) is 12.0 Å². The van der Waals surface area contributed by atoms with Crippen LogP contribution in [0.1, 0.15) is 12.0 Å². The van der Waals surface area contributed by atoms with Crippen molar-refractivity contribution in [2.45, 2.75) is 19.0 Å². The maximum Gasteiger partial charge on any atom is 0.131 e. The minimum Gasteiger partial charge on any atom is -0.309 e. The molecule has 1 fully saturated rings. The Morgan fingerprint density at radius 3 is 3.00 bits per heavy atom. The molecule has 0 bridgehead atoms. The van der Waals surface area contributed by atoms with E-state index in [-0.39, 0.29) is 5.82 Å². The van der Waals surface area contributed by atoms with Gasteiger partial charge in [-0.2, -0.15) is 11.8 Å². The second-order valence-electron chi connectivity index (χ2n) is 4.73. The lowest BCUT2D eigenvalue weighted by atomic mass is 10.1. The first-order valence-electron chi connectivity index (χ1n) is 6.46. The van der Waals surface area contributed by atoms with Gasteiger partial charge in [0.05, 0.1) is 0 Å². The summed E-state index contributed by atoms with van der Waals surface area (Å²) in [5, 5.41) is 5.53. The summed E-state index contributed by atoms with van der Waals surface area (Å²) in [7, 11) is 0. The molecule has 0 saturated carbocycles. The molecule has 3 rings (SSSR count). The van der Waals surface area contributed by atoms with Crippen molar-refractivity contribution in [2.24, 2.45) is 0 Å². The number of nitrogens with one attached hydrogen (secondary N) is 1. The minimum absolute atomic E-state index is 0.136. The Morgan fingerprint density at radius 1 is 1.32 bits per heavy atom. The molecule has 0 aliphatic carbocycles. The van der Waals surface area contributed by atoms with Crippen LogP contribution >= 0.6 is 23.1 Å². The standard InChI is InChI=1S/C15H16FNS2/c16-14-4-3-11(9-17-12-5-7-18-10-12)8-13(14)15-2-1-6-19-15/h1-4,6,8,12,17H,5,7,9-10H2. The zero-order chi connectivity index (χ0) is 13.1. The minimum atomic E-state index is -0.136. The molecule has 1 atom stereocenters. The first-order valence-corrected chi connectivity index (χ1v) is 8.50. The summed E-state index contributed by atoms with van der Waals surface area (Å²) in [6.45, 7) is 0.823. The van der Waals surface area contributed by atoms with Crippen LogP contribution in [0, 0.1) is 5.82 Å². The van der Waals surface area contributed by atoms with Crippen molar-refractivity contribution in [3.05, 3.63) is 47.1 Å². The van der Waals surface area contributed by atoms with Crippen LogP contribution in [0.2, 0.25) is 0 Å². The number of thiophene rings is 1. The average Bonchev–Trinajstić information content (AvgIpc) is 3.11. The molecule has 1 unspecified atom stereocenters. The highest BCUT2D eigenvalue weighted by atomic mass is 32.2. The van der Waals surface area contributed by atoms with E-state index in [1.807, 2.05) is 41.4 Å². The maximum absolute atomic E-state index is 13.9. The van der Waals surface area contributed by atoms with Gasteiger partial charge in [-0.3, -0.25) is 0 Å². The number of thioether (sulfide) groups is 1. The maximum atomic E-state index is 13.9. The molecule has 0 amide bonds. The van der Waals surface area contributed by atoms with Crippen LogP contribution in [0.5, 0.6) is 0 Å². The Balaban J connectivity index is 1.73. The summed E-state index contributed by atoms with van der Waals surface area (Å²) in [5.74, 6) is 2.31. The van der Waals surface area contributed by atoms with Crippen LogP contribution in [0.3, 0.4) is 0 Å². The van der Waals surface area contributed by atoms with Crippen molar-refractivity contribution < 1.29 is 4.39 Å². The number of hydrogen-bond donors (Lipinski definition) is 1. The monoisotopic (exact) mass is 293 g/mol. The zero-order valence-electron chi connectivity index (χ0n) is 10.6.